The van der Waals surface area contributed by atoms with Crippen molar-refractivity contribution in [3.63, 3.8) is 0 Å². The summed E-state index contributed by atoms with van der Waals surface area (Å²) in [4.78, 5) is 14.1. The monoisotopic (exact) mass is 393 g/mol. The Balaban J connectivity index is 1.93. The maximum Gasteiger partial charge on any atom is 0.254 e. The van der Waals surface area contributed by atoms with Crippen LogP contribution in [-0.2, 0) is 16.4 Å². The number of nitrogens with one attached hydrogen (secondary N) is 2. The Morgan fingerprint density at radius 1 is 1.11 bits per heavy atom. The molecule has 8 heteroatoms. The van der Waals surface area contributed by atoms with Gasteiger partial charge in [0.2, 0.25) is 10.0 Å². The average Bonchev–Trinajstić information content (AvgIpc) is 2.65. The molecule has 2 N–H and O–H groups in total. The first-order valence-electron chi connectivity index (χ1n) is 8.52. The van der Waals surface area contributed by atoms with Crippen molar-refractivity contribution in [1.29, 1.82) is 0 Å². The van der Waals surface area contributed by atoms with Gasteiger partial charge in [0.15, 0.2) is 0 Å². The largest absolute Gasteiger partial charge is 0.378 e. The molecule has 0 fully saturated rings. The van der Waals surface area contributed by atoms with E-state index in [4.69, 9.17) is 0 Å². The van der Waals surface area contributed by atoms with Crippen molar-refractivity contribution >= 4 is 21.6 Å². The maximum absolute atomic E-state index is 13.9. The smallest absolute Gasteiger partial charge is 0.254 e. The van der Waals surface area contributed by atoms with Crippen molar-refractivity contribution in [3.05, 3.63) is 59.4 Å². The highest BCUT2D eigenvalue weighted by atomic mass is 32.2. The molecule has 1 amide bonds. The summed E-state index contributed by atoms with van der Waals surface area (Å²) in [6.07, 6.45) is 1.45. The van der Waals surface area contributed by atoms with Gasteiger partial charge in [0, 0.05) is 26.3 Å². The summed E-state index contributed by atoms with van der Waals surface area (Å²) in [6, 6.07) is 11.2. The first-order valence-corrected chi connectivity index (χ1v) is 10.0. The van der Waals surface area contributed by atoms with Crippen LogP contribution in [0.4, 0.5) is 10.1 Å². The zero-order valence-electron chi connectivity index (χ0n) is 15.6. The van der Waals surface area contributed by atoms with E-state index in [1.165, 1.54) is 7.05 Å². The number of benzene rings is 2. The molecule has 0 heterocycles. The maximum atomic E-state index is 13.9. The molecule has 0 aliphatic heterocycles. The SMILES string of the molecule is CNS(=O)(=O)c1ccc(F)c(C(=O)NCCCc2ccc(N(C)C)cc2)c1. The molecule has 0 bridgehead atoms. The van der Waals surface area contributed by atoms with Crippen LogP contribution in [0.2, 0.25) is 0 Å². The first kappa shape index (κ1) is 20.9. The fourth-order valence-electron chi connectivity index (χ4n) is 2.51. The molecule has 0 atom stereocenters. The lowest BCUT2D eigenvalue weighted by Gasteiger charge is -2.12. The summed E-state index contributed by atoms with van der Waals surface area (Å²) in [6.45, 7) is 0.358. The Morgan fingerprint density at radius 2 is 1.78 bits per heavy atom. The fraction of sp³-hybridized carbons (Fsp3) is 0.316. The van der Waals surface area contributed by atoms with Crippen molar-refractivity contribution in [3.8, 4) is 0 Å². The second-order valence-electron chi connectivity index (χ2n) is 6.27. The Hall–Kier alpha value is -2.45. The number of carbonyl (C=O) groups excluding carboxylic acids is 1. The van der Waals surface area contributed by atoms with Gasteiger partial charge in [-0.15, -0.1) is 0 Å². The molecule has 0 radical (unpaired) electrons. The van der Waals surface area contributed by atoms with Gasteiger partial charge in [0.25, 0.3) is 5.91 Å². The minimum absolute atomic E-state index is 0.155. The number of anilines is 1. The second-order valence-corrected chi connectivity index (χ2v) is 8.16. The van der Waals surface area contributed by atoms with Crippen molar-refractivity contribution in [2.75, 3.05) is 32.6 Å². The molecule has 27 heavy (non-hydrogen) atoms. The van der Waals surface area contributed by atoms with Gasteiger partial charge in [0.1, 0.15) is 5.82 Å². The van der Waals surface area contributed by atoms with Gasteiger partial charge in [-0.2, -0.15) is 0 Å². The minimum atomic E-state index is -3.74. The van der Waals surface area contributed by atoms with Crippen LogP contribution >= 0.6 is 0 Å². The molecular formula is C19H24FN3O3S. The molecule has 0 aromatic heterocycles. The van der Waals surface area contributed by atoms with Crippen LogP contribution in [0.3, 0.4) is 0 Å². The number of hydrogen-bond acceptors (Lipinski definition) is 4. The van der Waals surface area contributed by atoms with E-state index >= 15 is 0 Å². The topological polar surface area (TPSA) is 78.5 Å². The van der Waals surface area contributed by atoms with Crippen LogP contribution in [0.25, 0.3) is 0 Å². The van der Waals surface area contributed by atoms with Crippen molar-refractivity contribution in [2.24, 2.45) is 0 Å². The van der Waals surface area contributed by atoms with E-state index in [0.717, 1.165) is 35.9 Å². The molecule has 0 saturated carbocycles. The summed E-state index contributed by atoms with van der Waals surface area (Å²) < 4.78 is 39.7. The molecule has 6 nitrogen and oxygen atoms in total. The summed E-state index contributed by atoms with van der Waals surface area (Å²) in [5.74, 6) is -1.40. The van der Waals surface area contributed by atoms with Gasteiger partial charge in [-0.1, -0.05) is 12.1 Å². The normalized spacial score (nSPS) is 11.3. The molecule has 2 rings (SSSR count). The summed E-state index contributed by atoms with van der Waals surface area (Å²) >= 11 is 0. The van der Waals surface area contributed by atoms with Crippen LogP contribution in [0.1, 0.15) is 22.3 Å². The van der Waals surface area contributed by atoms with Crippen molar-refractivity contribution in [1.82, 2.24) is 10.0 Å². The lowest BCUT2D eigenvalue weighted by atomic mass is 10.1. The Labute approximate surface area is 159 Å². The fourth-order valence-corrected chi connectivity index (χ4v) is 3.27. The van der Waals surface area contributed by atoms with Crippen LogP contribution in [-0.4, -0.2) is 42.0 Å². The van der Waals surface area contributed by atoms with Gasteiger partial charge >= 0.3 is 0 Å². The molecule has 2 aromatic carbocycles. The molecule has 0 spiro atoms. The molecule has 2 aromatic rings. The van der Waals surface area contributed by atoms with Gasteiger partial charge < -0.3 is 10.2 Å². The van der Waals surface area contributed by atoms with E-state index < -0.39 is 21.7 Å². The predicted octanol–water partition coefficient (Wildman–Crippen LogP) is 2.16. The summed E-state index contributed by atoms with van der Waals surface area (Å²) in [7, 11) is 1.46. The predicted molar refractivity (Wildman–Crippen MR) is 104 cm³/mol. The lowest BCUT2D eigenvalue weighted by molar-refractivity contribution is 0.0949. The minimum Gasteiger partial charge on any atom is -0.378 e. The van der Waals surface area contributed by atoms with Gasteiger partial charge in [-0.25, -0.2) is 17.5 Å². The highest BCUT2D eigenvalue weighted by Gasteiger charge is 2.18. The van der Waals surface area contributed by atoms with Crippen molar-refractivity contribution < 1.29 is 17.6 Å². The Bertz CT molecular complexity index is 897. The van der Waals surface area contributed by atoms with Gasteiger partial charge in [-0.05, 0) is 55.8 Å². The van der Waals surface area contributed by atoms with Crippen LogP contribution in [0.5, 0.6) is 0 Å². The van der Waals surface area contributed by atoms with E-state index in [-0.39, 0.29) is 10.5 Å². The number of sulfonamides is 1. The van der Waals surface area contributed by atoms with Gasteiger partial charge in [0.05, 0.1) is 10.5 Å². The van der Waals surface area contributed by atoms with Crippen LogP contribution < -0.4 is 14.9 Å². The summed E-state index contributed by atoms with van der Waals surface area (Å²) in [5.41, 5.74) is 1.96. The van der Waals surface area contributed by atoms with Gasteiger partial charge in [-0.3, -0.25) is 4.79 Å². The molecular weight excluding hydrogens is 369 g/mol. The molecule has 0 unspecified atom stereocenters. The van der Waals surface area contributed by atoms with E-state index in [2.05, 4.69) is 10.0 Å². The zero-order chi connectivity index (χ0) is 20.0. The standard InChI is InChI=1S/C19H24FN3O3S/c1-21-27(25,26)16-10-11-18(20)17(13-16)19(24)22-12-4-5-14-6-8-15(9-7-14)23(2)3/h6-11,13,21H,4-5,12H2,1-3H3,(H,22,24). The highest BCUT2D eigenvalue weighted by molar-refractivity contribution is 7.89. The number of rotatable bonds is 8. The Morgan fingerprint density at radius 3 is 2.37 bits per heavy atom. The first-order chi connectivity index (χ1) is 12.7. The molecule has 0 saturated heterocycles. The van der Waals surface area contributed by atoms with Crippen molar-refractivity contribution in [2.45, 2.75) is 17.7 Å². The molecule has 0 aliphatic rings. The second kappa shape index (κ2) is 8.96. The Kier molecular flexibility index (Phi) is 6.92. The lowest BCUT2D eigenvalue weighted by Crippen LogP contribution is -2.26. The number of aryl methyl sites for hydroxylation is 1. The number of halogens is 1. The van der Waals surface area contributed by atoms with Crippen LogP contribution in [0.15, 0.2) is 47.4 Å². The average molecular weight is 393 g/mol. The third-order valence-electron chi connectivity index (χ3n) is 4.14. The van der Waals surface area contributed by atoms with E-state index in [1.54, 1.807) is 0 Å². The van der Waals surface area contributed by atoms with E-state index in [1.807, 2.05) is 43.3 Å². The number of amides is 1. The molecule has 146 valence electrons. The third kappa shape index (κ3) is 5.51. The summed E-state index contributed by atoms with van der Waals surface area (Å²) in [5, 5.41) is 2.63. The van der Waals surface area contributed by atoms with E-state index in [0.29, 0.717) is 13.0 Å². The number of nitrogens with zero attached hydrogens (tertiary/aromatic N) is 1. The molecule has 0 aliphatic carbocycles. The number of hydrogen-bond donors (Lipinski definition) is 2. The quantitative estimate of drug-likeness (QED) is 0.674. The third-order valence-corrected chi connectivity index (χ3v) is 5.55. The zero-order valence-corrected chi connectivity index (χ0v) is 16.4. The van der Waals surface area contributed by atoms with Crippen LogP contribution in [0, 0.1) is 5.82 Å². The van der Waals surface area contributed by atoms with E-state index in [9.17, 15) is 17.6 Å². The number of carbonyl (C=O) groups is 1. The highest BCUT2D eigenvalue weighted by Crippen LogP contribution is 2.15.